The molecule has 118 valence electrons. The minimum Gasteiger partial charge on any atom is -0.0885 e. The number of rotatable bonds is 10. The lowest BCUT2D eigenvalue weighted by atomic mass is 10.1. The normalized spacial score (nSPS) is 13.7. The quantitative estimate of drug-likeness (QED) is 0.270. The molecule has 0 aliphatic rings. The van der Waals surface area contributed by atoms with E-state index in [0.717, 1.165) is 5.54 Å². The molecule has 0 aliphatic carbocycles. The average Bonchev–Trinajstić information content (AvgIpc) is 2.50. The van der Waals surface area contributed by atoms with E-state index in [2.05, 4.69) is 69.4 Å². The Kier molecular flexibility index (Phi) is 8.68. The van der Waals surface area contributed by atoms with E-state index in [1.807, 2.05) is 0 Å². The maximum atomic E-state index is 2.56. The summed E-state index contributed by atoms with van der Waals surface area (Å²) in [5.41, 5.74) is 0.779. The van der Waals surface area contributed by atoms with Crippen molar-refractivity contribution in [3.63, 3.8) is 0 Å². The third kappa shape index (κ3) is 6.21. The lowest BCUT2D eigenvalue weighted by Gasteiger charge is -2.31. The number of benzene rings is 1. The number of allylic oxidation sites excluding steroid dienone is 2. The molecule has 1 aromatic rings. The lowest BCUT2D eigenvalue weighted by molar-refractivity contribution is 0.707. The van der Waals surface area contributed by atoms with Crippen LogP contribution in [0.15, 0.2) is 42.5 Å². The standard InChI is InChI=1S/C20H34Si/c1-5-7-9-10-12-16-19(15-8-6-2)21(3,4)20-17-13-11-14-18-20/h11-14,16-19H,5-10,15H2,1-4H3/b16-12-. The van der Waals surface area contributed by atoms with Crippen molar-refractivity contribution in [3.05, 3.63) is 42.5 Å². The van der Waals surface area contributed by atoms with Gasteiger partial charge in [0.05, 0.1) is 8.07 Å². The Bertz CT molecular complexity index is 392. The highest BCUT2D eigenvalue weighted by atomic mass is 28.3. The summed E-state index contributed by atoms with van der Waals surface area (Å²) in [4.78, 5) is 0. The maximum absolute atomic E-state index is 2.56. The second-order valence-corrected chi connectivity index (χ2v) is 11.5. The molecule has 21 heavy (non-hydrogen) atoms. The van der Waals surface area contributed by atoms with Crippen LogP contribution < -0.4 is 5.19 Å². The molecule has 0 N–H and O–H groups in total. The van der Waals surface area contributed by atoms with Crippen LogP contribution in [0.4, 0.5) is 0 Å². The molecule has 0 bridgehead atoms. The summed E-state index contributed by atoms with van der Waals surface area (Å²) in [7, 11) is -1.40. The summed E-state index contributed by atoms with van der Waals surface area (Å²) in [6.45, 7) is 9.66. The molecule has 0 saturated heterocycles. The Balaban J connectivity index is 2.75. The Hall–Kier alpha value is -0.823. The molecule has 1 unspecified atom stereocenters. The van der Waals surface area contributed by atoms with Crippen LogP contribution in [0, 0.1) is 0 Å². The van der Waals surface area contributed by atoms with Gasteiger partial charge in [0.1, 0.15) is 0 Å². The van der Waals surface area contributed by atoms with Crippen LogP contribution in [0.2, 0.25) is 18.6 Å². The highest BCUT2D eigenvalue weighted by molar-refractivity contribution is 6.91. The van der Waals surface area contributed by atoms with Crippen LogP contribution in [0.3, 0.4) is 0 Å². The van der Waals surface area contributed by atoms with Crippen molar-refractivity contribution in [1.29, 1.82) is 0 Å². The van der Waals surface area contributed by atoms with Crippen molar-refractivity contribution in [2.75, 3.05) is 0 Å². The molecule has 1 aromatic carbocycles. The van der Waals surface area contributed by atoms with E-state index in [9.17, 15) is 0 Å². The Morgan fingerprint density at radius 2 is 1.62 bits per heavy atom. The fourth-order valence-electron chi connectivity index (χ4n) is 2.98. The summed E-state index contributed by atoms with van der Waals surface area (Å²) in [5.74, 6) is 0. The van der Waals surface area contributed by atoms with Crippen molar-refractivity contribution in [2.45, 2.75) is 77.4 Å². The van der Waals surface area contributed by atoms with Crippen LogP contribution in [0.1, 0.15) is 58.8 Å². The Morgan fingerprint density at radius 3 is 2.24 bits per heavy atom. The smallest absolute Gasteiger partial charge is 0.0873 e. The first-order valence-electron chi connectivity index (χ1n) is 8.85. The van der Waals surface area contributed by atoms with Crippen molar-refractivity contribution in [3.8, 4) is 0 Å². The minimum atomic E-state index is -1.40. The number of hydrogen-bond acceptors (Lipinski definition) is 0. The van der Waals surface area contributed by atoms with Crippen molar-refractivity contribution >= 4 is 13.3 Å². The van der Waals surface area contributed by atoms with Gasteiger partial charge in [-0.15, -0.1) is 0 Å². The third-order valence-electron chi connectivity index (χ3n) is 4.66. The van der Waals surface area contributed by atoms with Gasteiger partial charge in [0.2, 0.25) is 0 Å². The largest absolute Gasteiger partial charge is 0.0885 e. The second-order valence-electron chi connectivity index (χ2n) is 6.76. The van der Waals surface area contributed by atoms with E-state index in [0.29, 0.717) is 0 Å². The molecular formula is C20H34Si. The van der Waals surface area contributed by atoms with Crippen LogP contribution in [-0.2, 0) is 0 Å². The molecule has 0 spiro atoms. The molecule has 0 amide bonds. The first-order valence-corrected chi connectivity index (χ1v) is 11.9. The van der Waals surface area contributed by atoms with Crippen LogP contribution in [0.25, 0.3) is 0 Å². The lowest BCUT2D eigenvalue weighted by Crippen LogP contribution is -2.45. The predicted octanol–water partition coefficient (Wildman–Crippen LogP) is 6.30. The van der Waals surface area contributed by atoms with Gasteiger partial charge in [-0.3, -0.25) is 0 Å². The second kappa shape index (κ2) is 10.00. The molecule has 0 radical (unpaired) electrons. The molecule has 0 saturated carbocycles. The fraction of sp³-hybridized carbons (Fsp3) is 0.600. The monoisotopic (exact) mass is 302 g/mol. The summed E-state index contributed by atoms with van der Waals surface area (Å²) in [6.07, 6.45) is 14.3. The molecule has 0 nitrogen and oxygen atoms in total. The molecule has 0 heterocycles. The molecule has 1 rings (SSSR count). The van der Waals surface area contributed by atoms with E-state index >= 15 is 0 Å². The topological polar surface area (TPSA) is 0 Å². The Morgan fingerprint density at radius 1 is 0.952 bits per heavy atom. The van der Waals surface area contributed by atoms with Gasteiger partial charge < -0.3 is 0 Å². The molecule has 0 aliphatic heterocycles. The van der Waals surface area contributed by atoms with Gasteiger partial charge in [0.15, 0.2) is 0 Å². The molecule has 1 heteroatoms. The summed E-state index contributed by atoms with van der Waals surface area (Å²) in [6, 6.07) is 11.2. The van der Waals surface area contributed by atoms with E-state index in [1.165, 1.54) is 44.9 Å². The minimum absolute atomic E-state index is 0.779. The maximum Gasteiger partial charge on any atom is 0.0873 e. The van der Waals surface area contributed by atoms with Crippen LogP contribution in [0.5, 0.6) is 0 Å². The van der Waals surface area contributed by atoms with E-state index < -0.39 is 8.07 Å². The van der Waals surface area contributed by atoms with Gasteiger partial charge >= 0.3 is 0 Å². The van der Waals surface area contributed by atoms with Crippen LogP contribution in [-0.4, -0.2) is 8.07 Å². The summed E-state index contributed by atoms with van der Waals surface area (Å²) >= 11 is 0. The zero-order valence-electron chi connectivity index (χ0n) is 14.6. The van der Waals surface area contributed by atoms with Crippen LogP contribution >= 0.6 is 0 Å². The zero-order valence-corrected chi connectivity index (χ0v) is 15.6. The first-order chi connectivity index (χ1) is 10.1. The van der Waals surface area contributed by atoms with Gasteiger partial charge in [-0.05, 0) is 24.8 Å². The predicted molar refractivity (Wildman–Crippen MR) is 100 cm³/mol. The van der Waals surface area contributed by atoms with Gasteiger partial charge in [-0.1, -0.05) is 100 Å². The SMILES string of the molecule is CCCCC/C=C\C(CCCC)[Si](C)(C)c1ccccc1. The highest BCUT2D eigenvalue weighted by Crippen LogP contribution is 2.29. The zero-order chi connectivity index (χ0) is 15.6. The number of hydrogen-bond donors (Lipinski definition) is 0. The molecule has 1 atom stereocenters. The van der Waals surface area contributed by atoms with E-state index in [4.69, 9.17) is 0 Å². The van der Waals surface area contributed by atoms with Gasteiger partial charge in [-0.2, -0.15) is 0 Å². The molecular weight excluding hydrogens is 268 g/mol. The summed E-state index contributed by atoms with van der Waals surface area (Å²) in [5, 5.41) is 1.60. The fourth-order valence-corrected chi connectivity index (χ4v) is 6.00. The van der Waals surface area contributed by atoms with Crippen molar-refractivity contribution in [1.82, 2.24) is 0 Å². The summed E-state index contributed by atoms with van der Waals surface area (Å²) < 4.78 is 0. The van der Waals surface area contributed by atoms with Gasteiger partial charge in [0, 0.05) is 0 Å². The Labute approximate surface area is 133 Å². The third-order valence-corrected chi connectivity index (χ3v) is 8.81. The first kappa shape index (κ1) is 18.2. The van der Waals surface area contributed by atoms with Crippen molar-refractivity contribution in [2.24, 2.45) is 0 Å². The van der Waals surface area contributed by atoms with E-state index in [-0.39, 0.29) is 0 Å². The van der Waals surface area contributed by atoms with E-state index in [1.54, 1.807) is 5.19 Å². The van der Waals surface area contributed by atoms with Crippen molar-refractivity contribution < 1.29 is 0 Å². The number of unbranched alkanes of at least 4 members (excludes halogenated alkanes) is 4. The molecule has 0 aromatic heterocycles. The average molecular weight is 303 g/mol. The van der Waals surface area contributed by atoms with Gasteiger partial charge in [0.25, 0.3) is 0 Å². The van der Waals surface area contributed by atoms with Gasteiger partial charge in [-0.25, -0.2) is 0 Å². The molecule has 0 fully saturated rings. The highest BCUT2D eigenvalue weighted by Gasteiger charge is 2.31.